The molecule has 0 unspecified atom stereocenters. The minimum atomic E-state index is 0.215. The highest BCUT2D eigenvalue weighted by Crippen LogP contribution is 2.42. The van der Waals surface area contributed by atoms with E-state index in [2.05, 4.69) is 24.3 Å². The van der Waals surface area contributed by atoms with E-state index in [1.807, 2.05) is 7.11 Å². The third kappa shape index (κ3) is 2.58. The van der Waals surface area contributed by atoms with E-state index in [1.165, 1.54) is 24.0 Å². The zero-order chi connectivity index (χ0) is 10.7. The van der Waals surface area contributed by atoms with Crippen LogP contribution in [0.5, 0.6) is 0 Å². The van der Waals surface area contributed by atoms with Gasteiger partial charge < -0.3 is 10.5 Å². The van der Waals surface area contributed by atoms with Crippen molar-refractivity contribution in [3.05, 3.63) is 35.4 Å². The maximum absolute atomic E-state index is 5.55. The summed E-state index contributed by atoms with van der Waals surface area (Å²) in [4.78, 5) is 0. The van der Waals surface area contributed by atoms with E-state index >= 15 is 0 Å². The normalized spacial score (nSPS) is 17.7. The first-order valence-corrected chi connectivity index (χ1v) is 5.61. The molecule has 1 fully saturated rings. The van der Waals surface area contributed by atoms with Gasteiger partial charge in [-0.1, -0.05) is 24.3 Å². The van der Waals surface area contributed by atoms with Crippen LogP contribution in [0.3, 0.4) is 0 Å². The summed E-state index contributed by atoms with van der Waals surface area (Å²) in [6.07, 6.45) is 4.71. The average Bonchev–Trinajstić information content (AvgIpc) is 3.08. The molecule has 2 heteroatoms. The third-order valence-electron chi connectivity index (χ3n) is 3.37. The Labute approximate surface area is 91.4 Å². The predicted octanol–water partition coefficient (Wildman–Crippen LogP) is 2.26. The summed E-state index contributed by atoms with van der Waals surface area (Å²) < 4.78 is 5.50. The Bertz CT molecular complexity index is 314. The molecule has 0 heterocycles. The van der Waals surface area contributed by atoms with Crippen LogP contribution in [-0.2, 0) is 17.7 Å². The summed E-state index contributed by atoms with van der Waals surface area (Å²) in [5.41, 5.74) is 8.35. The van der Waals surface area contributed by atoms with Crippen molar-refractivity contribution in [1.29, 1.82) is 0 Å². The average molecular weight is 205 g/mol. The fraction of sp³-hybridized carbons (Fsp3) is 0.538. The highest BCUT2D eigenvalue weighted by atomic mass is 16.5. The monoisotopic (exact) mass is 205 g/mol. The molecule has 1 aliphatic carbocycles. The van der Waals surface area contributed by atoms with Crippen molar-refractivity contribution in [2.24, 2.45) is 5.73 Å². The largest absolute Gasteiger partial charge is 0.378 e. The van der Waals surface area contributed by atoms with Crippen molar-refractivity contribution < 1.29 is 4.74 Å². The van der Waals surface area contributed by atoms with Gasteiger partial charge in [0.1, 0.15) is 0 Å². The van der Waals surface area contributed by atoms with Crippen molar-refractivity contribution in [2.45, 2.75) is 37.8 Å². The molecule has 1 aliphatic rings. The molecule has 2 N–H and O–H groups in total. The van der Waals surface area contributed by atoms with E-state index in [-0.39, 0.29) is 5.60 Å². The van der Waals surface area contributed by atoms with Crippen molar-refractivity contribution in [1.82, 2.24) is 0 Å². The van der Waals surface area contributed by atoms with E-state index in [4.69, 9.17) is 10.5 Å². The highest BCUT2D eigenvalue weighted by molar-refractivity contribution is 5.22. The third-order valence-corrected chi connectivity index (χ3v) is 3.37. The van der Waals surface area contributed by atoms with Crippen molar-refractivity contribution >= 4 is 0 Å². The molecule has 0 spiro atoms. The molecule has 1 aromatic carbocycles. The van der Waals surface area contributed by atoms with Gasteiger partial charge >= 0.3 is 0 Å². The molecule has 0 atom stereocenters. The summed E-state index contributed by atoms with van der Waals surface area (Å²) in [5, 5.41) is 0. The van der Waals surface area contributed by atoms with Gasteiger partial charge in [0.25, 0.3) is 0 Å². The molecular weight excluding hydrogens is 186 g/mol. The van der Waals surface area contributed by atoms with Crippen LogP contribution in [0.4, 0.5) is 0 Å². The van der Waals surface area contributed by atoms with Crippen LogP contribution >= 0.6 is 0 Å². The number of benzene rings is 1. The van der Waals surface area contributed by atoms with Gasteiger partial charge in [0, 0.05) is 13.7 Å². The van der Waals surface area contributed by atoms with Gasteiger partial charge in [0.2, 0.25) is 0 Å². The molecule has 0 saturated heterocycles. The quantitative estimate of drug-likeness (QED) is 0.800. The molecule has 1 aromatic rings. The number of rotatable bonds is 5. The van der Waals surface area contributed by atoms with Crippen molar-refractivity contribution in [3.8, 4) is 0 Å². The summed E-state index contributed by atoms with van der Waals surface area (Å²) in [6.45, 7) is 0.627. The highest BCUT2D eigenvalue weighted by Gasteiger charge is 2.42. The number of nitrogens with two attached hydrogens (primary N) is 1. The summed E-state index contributed by atoms with van der Waals surface area (Å²) in [5.74, 6) is 0. The lowest BCUT2D eigenvalue weighted by molar-refractivity contribution is 0.0731. The Hall–Kier alpha value is -0.860. The first-order valence-electron chi connectivity index (χ1n) is 5.61. The van der Waals surface area contributed by atoms with Crippen LogP contribution in [0, 0.1) is 0 Å². The summed E-state index contributed by atoms with van der Waals surface area (Å²) >= 11 is 0. The van der Waals surface area contributed by atoms with Gasteiger partial charge in [-0.25, -0.2) is 0 Å². The lowest BCUT2D eigenvalue weighted by Crippen LogP contribution is -2.12. The zero-order valence-electron chi connectivity index (χ0n) is 9.33. The maximum atomic E-state index is 5.55. The van der Waals surface area contributed by atoms with Gasteiger partial charge in [-0.2, -0.15) is 0 Å². The maximum Gasteiger partial charge on any atom is 0.0684 e. The molecule has 0 aromatic heterocycles. The Morgan fingerprint density at radius 3 is 2.27 bits per heavy atom. The van der Waals surface area contributed by atoms with E-state index in [1.54, 1.807) is 0 Å². The first kappa shape index (κ1) is 10.7. The smallest absolute Gasteiger partial charge is 0.0684 e. The molecule has 1 saturated carbocycles. The summed E-state index contributed by atoms with van der Waals surface area (Å²) in [7, 11) is 1.82. The van der Waals surface area contributed by atoms with Crippen LogP contribution in [0.1, 0.15) is 30.4 Å². The van der Waals surface area contributed by atoms with Crippen LogP contribution in [0.25, 0.3) is 0 Å². The molecular formula is C13H19NO. The van der Waals surface area contributed by atoms with Crippen LogP contribution < -0.4 is 5.73 Å². The van der Waals surface area contributed by atoms with Gasteiger partial charge in [-0.15, -0.1) is 0 Å². The lowest BCUT2D eigenvalue weighted by atomic mass is 10.0. The number of hydrogen-bond acceptors (Lipinski definition) is 2. The molecule has 15 heavy (non-hydrogen) atoms. The second-order valence-corrected chi connectivity index (χ2v) is 4.41. The molecule has 0 radical (unpaired) electrons. The van der Waals surface area contributed by atoms with Gasteiger partial charge in [-0.05, 0) is 36.8 Å². The van der Waals surface area contributed by atoms with Gasteiger partial charge in [-0.3, -0.25) is 0 Å². The topological polar surface area (TPSA) is 35.2 Å². The van der Waals surface area contributed by atoms with Crippen LogP contribution in [-0.4, -0.2) is 12.7 Å². The standard InChI is InChI=1S/C13H19NO/c1-15-13(8-9-13)7-6-11-2-4-12(10-14)5-3-11/h2-5H,6-10,14H2,1H3. The molecule has 0 bridgehead atoms. The van der Waals surface area contributed by atoms with Crippen molar-refractivity contribution in [2.75, 3.05) is 7.11 Å². The van der Waals surface area contributed by atoms with E-state index in [9.17, 15) is 0 Å². The Morgan fingerprint density at radius 2 is 1.80 bits per heavy atom. The number of aryl methyl sites for hydroxylation is 1. The lowest BCUT2D eigenvalue weighted by Gasteiger charge is -2.12. The SMILES string of the molecule is COC1(CCc2ccc(CN)cc2)CC1. The Kier molecular flexibility index (Phi) is 3.08. The molecule has 2 rings (SSSR count). The fourth-order valence-electron chi connectivity index (χ4n) is 1.91. The molecule has 0 aliphatic heterocycles. The van der Waals surface area contributed by atoms with Crippen LogP contribution in [0.15, 0.2) is 24.3 Å². The second kappa shape index (κ2) is 4.33. The Morgan fingerprint density at radius 1 is 1.20 bits per heavy atom. The van der Waals surface area contributed by atoms with E-state index in [0.29, 0.717) is 6.54 Å². The second-order valence-electron chi connectivity index (χ2n) is 4.41. The van der Waals surface area contributed by atoms with Crippen LogP contribution in [0.2, 0.25) is 0 Å². The molecule has 82 valence electrons. The number of hydrogen-bond donors (Lipinski definition) is 1. The Balaban J connectivity index is 1.88. The fourth-order valence-corrected chi connectivity index (χ4v) is 1.91. The van der Waals surface area contributed by atoms with Gasteiger partial charge in [0.15, 0.2) is 0 Å². The van der Waals surface area contributed by atoms with E-state index in [0.717, 1.165) is 12.8 Å². The summed E-state index contributed by atoms with van der Waals surface area (Å²) in [6, 6.07) is 8.57. The molecule has 2 nitrogen and oxygen atoms in total. The van der Waals surface area contributed by atoms with Gasteiger partial charge in [0.05, 0.1) is 5.60 Å². The number of ether oxygens (including phenoxy) is 1. The first-order chi connectivity index (χ1) is 7.28. The molecule has 0 amide bonds. The van der Waals surface area contributed by atoms with Crippen molar-refractivity contribution in [3.63, 3.8) is 0 Å². The number of methoxy groups -OCH3 is 1. The predicted molar refractivity (Wildman–Crippen MR) is 61.6 cm³/mol. The minimum Gasteiger partial charge on any atom is -0.378 e. The zero-order valence-corrected chi connectivity index (χ0v) is 9.33. The minimum absolute atomic E-state index is 0.215. The van der Waals surface area contributed by atoms with E-state index < -0.39 is 0 Å².